The van der Waals surface area contributed by atoms with E-state index in [-0.39, 0.29) is 31.6 Å². The number of aliphatic hydroxyl groups excluding tert-OH is 4. The zero-order valence-corrected chi connectivity index (χ0v) is 39.7. The van der Waals surface area contributed by atoms with Gasteiger partial charge in [-0.25, -0.2) is 0 Å². The summed E-state index contributed by atoms with van der Waals surface area (Å²) in [5.74, 6) is -8.73. The van der Waals surface area contributed by atoms with E-state index in [2.05, 4.69) is 60.1 Å². The monoisotopic (exact) mass is 994 g/mol. The zero-order chi connectivity index (χ0) is 51.3. The Bertz CT molecular complexity index is 1580. The summed E-state index contributed by atoms with van der Waals surface area (Å²) >= 11 is 3.90. The second-order valence-corrected chi connectivity index (χ2v) is 16.3. The first-order valence-corrected chi connectivity index (χ1v) is 23.4. The van der Waals surface area contributed by atoms with Crippen LogP contribution in [0.15, 0.2) is 0 Å². The first-order valence-electron chi connectivity index (χ1n) is 23.0. The number of ketones is 1. The van der Waals surface area contributed by atoms with Crippen LogP contribution < -0.4 is 47.3 Å². The number of carboxylic acid groups (broad SMARTS) is 2. The molecule has 390 valence electrons. The molecule has 0 saturated carbocycles. The number of rotatable bonds is 42. The molecule has 0 aliphatic carbocycles. The lowest BCUT2D eigenvalue weighted by Gasteiger charge is -2.22. The highest BCUT2D eigenvalue weighted by molar-refractivity contribution is 7.78. The van der Waals surface area contributed by atoms with Crippen LogP contribution in [0.1, 0.15) is 116 Å². The van der Waals surface area contributed by atoms with E-state index in [0.29, 0.717) is 32.2 Å². The lowest BCUT2D eigenvalue weighted by molar-refractivity contribution is -0.140. The minimum Gasteiger partial charge on any atom is -0.481 e. The average Bonchev–Trinajstić information content (AvgIpc) is 3.30. The SMILES string of the molecule is CC(=O)[C@H](CCCCNC(=O)CNC(=O)[C@H](CO)NC(=O)[C@H](CO)NC(=O)CNC(=O)[C@H](CO)NC(=O)[C@H](CO)NC(=O)CC[C@H](NCCCCCCCCCCCCCC(=O)O)C(=O)O)NS. The van der Waals surface area contributed by atoms with Gasteiger partial charge in [0.15, 0.2) is 0 Å². The first kappa shape index (κ1) is 63.0. The van der Waals surface area contributed by atoms with E-state index in [9.17, 15) is 73.5 Å². The number of Topliss-reactive ketones (excluding diaryl/α,β-unsaturated/α-hetero) is 1. The van der Waals surface area contributed by atoms with E-state index in [4.69, 9.17) is 5.11 Å². The van der Waals surface area contributed by atoms with E-state index < -0.39 is 129 Å². The molecule has 0 spiro atoms. The van der Waals surface area contributed by atoms with Gasteiger partial charge >= 0.3 is 11.9 Å². The van der Waals surface area contributed by atoms with Gasteiger partial charge < -0.3 is 73.2 Å². The largest absolute Gasteiger partial charge is 0.481 e. The van der Waals surface area contributed by atoms with E-state index >= 15 is 0 Å². The molecular formula is C42H75N9O16S. The molecular weight excluding hydrogens is 919 g/mol. The number of aliphatic carboxylic acids is 2. The van der Waals surface area contributed by atoms with Crippen LogP contribution in [-0.4, -0.2) is 179 Å². The van der Waals surface area contributed by atoms with E-state index in [1.54, 1.807) is 0 Å². The van der Waals surface area contributed by atoms with E-state index in [0.717, 1.165) is 64.2 Å². The minimum atomic E-state index is -1.70. The highest BCUT2D eigenvalue weighted by Gasteiger charge is 2.29. The second-order valence-electron chi connectivity index (χ2n) is 16.1. The molecule has 0 fully saturated rings. The van der Waals surface area contributed by atoms with Crippen LogP contribution in [0.4, 0.5) is 0 Å². The van der Waals surface area contributed by atoms with Gasteiger partial charge in [0.05, 0.1) is 45.6 Å². The van der Waals surface area contributed by atoms with Crippen LogP contribution in [0.25, 0.3) is 0 Å². The number of hydrogen-bond donors (Lipinski definition) is 16. The van der Waals surface area contributed by atoms with Crippen molar-refractivity contribution >= 4 is 71.9 Å². The molecule has 15 N–H and O–H groups in total. The number of carboxylic acids is 2. The second kappa shape index (κ2) is 38.9. The Morgan fingerprint density at radius 3 is 1.29 bits per heavy atom. The zero-order valence-electron chi connectivity index (χ0n) is 38.9. The van der Waals surface area contributed by atoms with Crippen molar-refractivity contribution in [1.82, 2.24) is 47.3 Å². The fourth-order valence-electron chi connectivity index (χ4n) is 6.39. The molecule has 6 atom stereocenters. The topological polar surface area (TPSA) is 400 Å². The third-order valence-corrected chi connectivity index (χ3v) is 10.8. The van der Waals surface area contributed by atoms with Gasteiger partial charge in [0.25, 0.3) is 0 Å². The molecule has 0 radical (unpaired) electrons. The molecule has 0 aromatic heterocycles. The Labute approximate surface area is 401 Å². The number of unbranched alkanes of at least 4 members (excludes halogenated alkanes) is 11. The maximum atomic E-state index is 12.8. The number of nitrogens with one attached hydrogen (secondary N) is 9. The van der Waals surface area contributed by atoms with Crippen LogP contribution in [0.3, 0.4) is 0 Å². The normalized spacial score (nSPS) is 13.6. The van der Waals surface area contributed by atoms with Gasteiger partial charge in [0.1, 0.15) is 36.0 Å². The van der Waals surface area contributed by atoms with Gasteiger partial charge in [-0.15, -0.1) is 0 Å². The molecule has 68 heavy (non-hydrogen) atoms. The molecule has 0 bridgehead atoms. The Balaban J connectivity index is 4.69. The maximum absolute atomic E-state index is 12.8. The Morgan fingerprint density at radius 2 is 0.853 bits per heavy atom. The highest BCUT2D eigenvalue weighted by Crippen LogP contribution is 2.12. The third-order valence-electron chi connectivity index (χ3n) is 10.5. The number of hydrogen-bond acceptors (Lipinski definition) is 17. The fraction of sp³-hybridized carbons (Fsp3) is 0.762. The summed E-state index contributed by atoms with van der Waals surface area (Å²) in [6, 6.07) is -8.08. The predicted molar refractivity (Wildman–Crippen MR) is 247 cm³/mol. The molecule has 0 heterocycles. The van der Waals surface area contributed by atoms with Gasteiger partial charge in [0.2, 0.25) is 41.4 Å². The van der Waals surface area contributed by atoms with Crippen molar-refractivity contribution in [3.05, 3.63) is 0 Å². The van der Waals surface area contributed by atoms with E-state index in [1.165, 1.54) is 6.92 Å². The van der Waals surface area contributed by atoms with Crippen molar-refractivity contribution < 1.29 is 78.6 Å². The van der Waals surface area contributed by atoms with Gasteiger partial charge in [0, 0.05) is 19.4 Å². The number of thiol groups is 1. The quantitative estimate of drug-likeness (QED) is 0.0207. The molecule has 0 aliphatic rings. The lowest BCUT2D eigenvalue weighted by atomic mass is 10.0. The molecule has 26 heteroatoms. The van der Waals surface area contributed by atoms with Gasteiger partial charge in [-0.1, -0.05) is 70.6 Å². The van der Waals surface area contributed by atoms with Crippen LogP contribution in [-0.2, 0) is 47.9 Å². The average molecular weight is 994 g/mol. The third kappa shape index (κ3) is 30.4. The lowest BCUT2D eigenvalue weighted by Crippen LogP contribution is -2.58. The molecule has 0 aromatic rings. The molecule has 0 unspecified atom stereocenters. The molecule has 0 aliphatic heterocycles. The number of carbonyl (C=O) groups is 10. The van der Waals surface area contributed by atoms with Crippen LogP contribution in [0.5, 0.6) is 0 Å². The Morgan fingerprint density at radius 1 is 0.426 bits per heavy atom. The molecule has 25 nitrogen and oxygen atoms in total. The van der Waals surface area contributed by atoms with Crippen molar-refractivity contribution in [3.8, 4) is 0 Å². The van der Waals surface area contributed by atoms with Gasteiger partial charge in [-0.3, -0.25) is 52.7 Å². The smallest absolute Gasteiger partial charge is 0.320 e. The number of amides is 7. The maximum Gasteiger partial charge on any atom is 0.320 e. The molecule has 0 rings (SSSR count). The van der Waals surface area contributed by atoms with Crippen molar-refractivity contribution in [2.24, 2.45) is 0 Å². The predicted octanol–water partition coefficient (Wildman–Crippen LogP) is -3.61. The van der Waals surface area contributed by atoms with Crippen molar-refractivity contribution in [2.45, 2.75) is 152 Å². The molecule has 7 amide bonds. The summed E-state index contributed by atoms with van der Waals surface area (Å²) in [5, 5.41) is 75.5. The fourth-order valence-corrected chi connectivity index (χ4v) is 6.70. The van der Waals surface area contributed by atoms with Gasteiger partial charge in [-0.2, -0.15) is 0 Å². The van der Waals surface area contributed by atoms with Gasteiger partial charge in [-0.05, 0) is 52.0 Å². The van der Waals surface area contributed by atoms with Crippen LogP contribution in [0.2, 0.25) is 0 Å². The first-order chi connectivity index (χ1) is 32.4. The molecule has 0 saturated heterocycles. The summed E-state index contributed by atoms with van der Waals surface area (Å²) in [6.07, 6.45) is 12.0. The van der Waals surface area contributed by atoms with Crippen molar-refractivity contribution in [1.29, 1.82) is 0 Å². The summed E-state index contributed by atoms with van der Waals surface area (Å²) in [5.41, 5.74) is 0. The Kier molecular flexibility index (Phi) is 36.1. The molecule has 0 aromatic carbocycles. The standard InChI is InChI=1S/C42H75N9O16S/c1-27(56)28(51-68)15-12-14-20-44-35(58)21-45-38(62)30(23-52)50-41(65)33(26-55)48-36(59)22-46-39(63)31(24-53)49-40(64)32(25-54)47-34(57)18-17-29(42(66)67)43-19-13-10-8-6-4-2-3-5-7-9-11-16-37(60)61/h28-33,43,51-55,68H,2-26H2,1H3,(H,44,58)(H,45,62)(H,46,63)(H,47,57)(H,48,59)(H,49,64)(H,50,65)(H,60,61)(H,66,67)/t28-,29-,30-,31-,32-,33-/m0/s1. The summed E-state index contributed by atoms with van der Waals surface area (Å²) in [4.78, 5) is 122. The van der Waals surface area contributed by atoms with Crippen molar-refractivity contribution in [2.75, 3.05) is 52.6 Å². The summed E-state index contributed by atoms with van der Waals surface area (Å²) in [7, 11) is 0. The highest BCUT2D eigenvalue weighted by atomic mass is 32.1. The van der Waals surface area contributed by atoms with Crippen LogP contribution in [0, 0.1) is 0 Å². The summed E-state index contributed by atoms with van der Waals surface area (Å²) < 4.78 is 2.59. The Hall–Kier alpha value is -4.99. The van der Waals surface area contributed by atoms with Crippen molar-refractivity contribution in [3.63, 3.8) is 0 Å². The number of aliphatic hydroxyl groups is 4. The minimum absolute atomic E-state index is 0.0819. The van der Waals surface area contributed by atoms with E-state index in [1.807, 2.05) is 0 Å². The number of carbonyl (C=O) groups excluding carboxylic acids is 8. The van der Waals surface area contributed by atoms with Crippen LogP contribution >= 0.6 is 12.8 Å². The summed E-state index contributed by atoms with van der Waals surface area (Å²) in [6.45, 7) is -3.15.